The zero-order valence-corrected chi connectivity index (χ0v) is 39.1. The molecule has 6 N–H and O–H groups in total. The summed E-state index contributed by atoms with van der Waals surface area (Å²) in [4.78, 5) is 35.7. The summed E-state index contributed by atoms with van der Waals surface area (Å²) in [6.45, 7) is 3.30. The summed E-state index contributed by atoms with van der Waals surface area (Å²) >= 11 is 0. The number of ether oxygens (including phenoxy) is 2. The Kier molecular flexibility index (Phi) is 35.8. The largest absolute Gasteiger partial charge is 0.472 e. The summed E-state index contributed by atoms with van der Waals surface area (Å²) in [6.07, 6.45) is 26.9. The average Bonchev–Trinajstić information content (AvgIpc) is 3.24. The van der Waals surface area contributed by atoms with Crippen molar-refractivity contribution in [2.45, 2.75) is 262 Å². The lowest BCUT2D eigenvalue weighted by atomic mass is 9.85. The van der Waals surface area contributed by atoms with Gasteiger partial charge in [-0.1, -0.05) is 187 Å². The highest BCUT2D eigenvalue weighted by Gasteiger charge is 2.51. The van der Waals surface area contributed by atoms with E-state index in [2.05, 4.69) is 26.0 Å². The lowest BCUT2D eigenvalue weighted by Gasteiger charge is -2.41. The zero-order chi connectivity index (χ0) is 45.0. The number of allylic oxidation sites excluding steroid dienone is 2. The number of rotatable bonds is 41. The van der Waals surface area contributed by atoms with Gasteiger partial charge in [-0.15, -0.1) is 0 Å². The normalized spacial score (nSPS) is 22.0. The van der Waals surface area contributed by atoms with E-state index in [0.29, 0.717) is 12.8 Å². The maximum absolute atomic E-state index is 12.8. The third-order valence-corrected chi connectivity index (χ3v) is 12.6. The molecule has 0 aliphatic heterocycles. The number of carbonyl (C=O) groups is 2. The van der Waals surface area contributed by atoms with Gasteiger partial charge in [0, 0.05) is 12.8 Å². The number of aliphatic hydroxyl groups is 5. The van der Waals surface area contributed by atoms with E-state index in [9.17, 15) is 44.6 Å². The molecule has 0 saturated heterocycles. The molecule has 14 heteroatoms. The molecule has 0 bridgehead atoms. The van der Waals surface area contributed by atoms with E-state index in [1.54, 1.807) is 0 Å². The zero-order valence-electron chi connectivity index (χ0n) is 38.2. The summed E-state index contributed by atoms with van der Waals surface area (Å²) in [6, 6.07) is 0. The fourth-order valence-electron chi connectivity index (χ4n) is 7.62. The van der Waals surface area contributed by atoms with E-state index in [4.69, 9.17) is 18.5 Å². The van der Waals surface area contributed by atoms with E-state index in [-0.39, 0.29) is 12.8 Å². The third-order valence-electron chi connectivity index (χ3n) is 11.6. The first-order valence-electron chi connectivity index (χ1n) is 24.5. The number of unbranched alkanes of at least 4 members (excludes halogenated alkanes) is 27. The molecule has 0 radical (unpaired) electrons. The predicted octanol–water partition coefficient (Wildman–Crippen LogP) is 9.84. The van der Waals surface area contributed by atoms with Crippen LogP contribution >= 0.6 is 7.82 Å². The molecule has 0 aromatic heterocycles. The van der Waals surface area contributed by atoms with Crippen molar-refractivity contribution >= 4 is 19.8 Å². The Labute approximate surface area is 369 Å². The second kappa shape index (κ2) is 37.9. The van der Waals surface area contributed by atoms with Gasteiger partial charge in [0.1, 0.15) is 43.2 Å². The van der Waals surface area contributed by atoms with Crippen molar-refractivity contribution in [1.82, 2.24) is 0 Å². The number of esters is 2. The highest BCUT2D eigenvalue weighted by molar-refractivity contribution is 7.47. The van der Waals surface area contributed by atoms with Crippen LogP contribution in [-0.2, 0) is 32.7 Å². The van der Waals surface area contributed by atoms with Gasteiger partial charge in [-0.05, 0) is 32.1 Å². The molecule has 0 heterocycles. The van der Waals surface area contributed by atoms with Crippen molar-refractivity contribution in [3.8, 4) is 0 Å². The van der Waals surface area contributed by atoms with Crippen molar-refractivity contribution in [2.75, 3.05) is 13.2 Å². The molecule has 1 fully saturated rings. The monoisotopic (exact) mass is 893 g/mol. The summed E-state index contributed by atoms with van der Waals surface area (Å²) < 4.78 is 33.6. The molecular weight excluding hydrogens is 803 g/mol. The molecule has 1 rings (SSSR count). The van der Waals surface area contributed by atoms with Gasteiger partial charge in [0.05, 0.1) is 6.61 Å². The SMILES string of the molecule is CCCC/C=C/CCCCCCCCCCCC(=O)O[C@@H](COC(=O)CCCCCCCCCCCCCCCCCCC)COP(=O)(O)OC1C(O)C(O)C(O)[C@H](O)C1O. The van der Waals surface area contributed by atoms with Crippen LogP contribution in [0.15, 0.2) is 12.2 Å². The highest BCUT2D eigenvalue weighted by Crippen LogP contribution is 2.47. The van der Waals surface area contributed by atoms with Gasteiger partial charge in [0.25, 0.3) is 0 Å². The quantitative estimate of drug-likeness (QED) is 0.0146. The van der Waals surface area contributed by atoms with Gasteiger partial charge in [-0.2, -0.15) is 0 Å². The molecule has 0 aromatic rings. The Morgan fingerprint density at radius 3 is 1.30 bits per heavy atom. The van der Waals surface area contributed by atoms with Crippen LogP contribution in [-0.4, -0.2) is 98.3 Å². The fourth-order valence-corrected chi connectivity index (χ4v) is 8.60. The van der Waals surface area contributed by atoms with E-state index >= 15 is 0 Å². The number of hydrogen-bond donors (Lipinski definition) is 6. The number of aliphatic hydroxyl groups excluding tert-OH is 5. The summed E-state index contributed by atoms with van der Waals surface area (Å²) in [5.74, 6) is -1.09. The van der Waals surface area contributed by atoms with Crippen LogP contribution in [0, 0.1) is 0 Å². The maximum atomic E-state index is 12.8. The van der Waals surface area contributed by atoms with Gasteiger partial charge in [-0.3, -0.25) is 18.6 Å². The van der Waals surface area contributed by atoms with Gasteiger partial charge in [-0.25, -0.2) is 4.57 Å². The van der Waals surface area contributed by atoms with Crippen LogP contribution in [0.4, 0.5) is 0 Å². The first kappa shape index (κ1) is 57.6. The fraction of sp³-hybridized carbons (Fsp3) is 0.915. The average molecular weight is 893 g/mol. The lowest BCUT2D eigenvalue weighted by Crippen LogP contribution is -2.64. The van der Waals surface area contributed by atoms with Crippen molar-refractivity contribution < 1.29 is 63.1 Å². The Balaban J connectivity index is 2.41. The summed E-state index contributed by atoms with van der Waals surface area (Å²) in [5, 5.41) is 50.2. The number of phosphoric ester groups is 1. The Morgan fingerprint density at radius 2 is 0.852 bits per heavy atom. The van der Waals surface area contributed by atoms with E-state index in [1.807, 2.05) is 0 Å². The van der Waals surface area contributed by atoms with Gasteiger partial charge >= 0.3 is 19.8 Å². The van der Waals surface area contributed by atoms with E-state index in [0.717, 1.165) is 51.4 Å². The minimum atomic E-state index is -5.11. The Morgan fingerprint density at radius 1 is 0.492 bits per heavy atom. The molecule has 1 saturated carbocycles. The first-order chi connectivity index (χ1) is 29.4. The van der Waals surface area contributed by atoms with E-state index < -0.39 is 75.7 Å². The molecule has 61 heavy (non-hydrogen) atoms. The van der Waals surface area contributed by atoms with Crippen LogP contribution in [0.3, 0.4) is 0 Å². The standard InChI is InChI=1S/C47H89O13P/c1-3-5-7-9-11-13-15-17-19-20-22-23-25-27-29-31-33-35-40(48)57-37-39(38-58-61(55,56)60-47-45(53)43(51)42(50)44(52)46(47)54)59-41(49)36-34-32-30-28-26-24-21-18-16-14-12-10-8-6-4-2/h10,12,39,42-47,50-54H,3-9,11,13-38H2,1-2H3,(H,55,56)/b12-10+/t39-,42?,43-,44?,45?,46?,47?/m0/s1. The predicted molar refractivity (Wildman–Crippen MR) is 240 cm³/mol. The molecule has 0 spiro atoms. The number of carbonyl (C=O) groups excluding carboxylic acids is 2. The minimum Gasteiger partial charge on any atom is -0.462 e. The van der Waals surface area contributed by atoms with Gasteiger partial charge in [0.15, 0.2) is 6.10 Å². The molecule has 1 aliphatic carbocycles. The molecule has 1 aliphatic rings. The molecule has 8 atom stereocenters. The molecule has 360 valence electrons. The van der Waals surface area contributed by atoms with Crippen LogP contribution < -0.4 is 0 Å². The molecule has 0 amide bonds. The van der Waals surface area contributed by atoms with E-state index in [1.165, 1.54) is 128 Å². The first-order valence-corrected chi connectivity index (χ1v) is 26.0. The minimum absolute atomic E-state index is 0.0985. The Bertz CT molecular complexity index is 1120. The van der Waals surface area contributed by atoms with Crippen LogP contribution in [0.2, 0.25) is 0 Å². The molecule has 0 aromatic carbocycles. The van der Waals surface area contributed by atoms with Crippen molar-refractivity contribution in [3.63, 3.8) is 0 Å². The second-order valence-corrected chi connectivity index (χ2v) is 18.7. The summed E-state index contributed by atoms with van der Waals surface area (Å²) in [7, 11) is -5.11. The van der Waals surface area contributed by atoms with Crippen molar-refractivity contribution in [2.24, 2.45) is 0 Å². The van der Waals surface area contributed by atoms with Crippen molar-refractivity contribution in [1.29, 1.82) is 0 Å². The maximum Gasteiger partial charge on any atom is 0.472 e. The van der Waals surface area contributed by atoms with Crippen LogP contribution in [0.25, 0.3) is 0 Å². The lowest BCUT2D eigenvalue weighted by molar-refractivity contribution is -0.220. The molecular formula is C47H89O13P. The Hall–Kier alpha value is -1.41. The smallest absolute Gasteiger partial charge is 0.462 e. The number of hydrogen-bond acceptors (Lipinski definition) is 12. The van der Waals surface area contributed by atoms with Gasteiger partial charge < -0.3 is 39.9 Å². The second-order valence-electron chi connectivity index (χ2n) is 17.3. The summed E-state index contributed by atoms with van der Waals surface area (Å²) in [5.41, 5.74) is 0. The number of phosphoric acid groups is 1. The topological polar surface area (TPSA) is 210 Å². The van der Waals surface area contributed by atoms with Crippen LogP contribution in [0.1, 0.15) is 219 Å². The highest BCUT2D eigenvalue weighted by atomic mass is 31.2. The van der Waals surface area contributed by atoms with Gasteiger partial charge in [0.2, 0.25) is 0 Å². The van der Waals surface area contributed by atoms with Crippen LogP contribution in [0.5, 0.6) is 0 Å². The van der Waals surface area contributed by atoms with Crippen molar-refractivity contribution in [3.05, 3.63) is 12.2 Å². The third kappa shape index (κ3) is 30.4. The molecule has 13 nitrogen and oxygen atoms in total. The molecule has 6 unspecified atom stereocenters.